The number of nitriles is 1. The molecular weight excluding hydrogens is 397 g/mol. The smallest absolute Gasteiger partial charge is 0.224 e. The Morgan fingerprint density at radius 1 is 1.23 bits per heavy atom. The first-order valence-corrected chi connectivity index (χ1v) is 9.89. The topological polar surface area (TPSA) is 120 Å². The summed E-state index contributed by atoms with van der Waals surface area (Å²) in [5.74, 6) is 0.451. The highest BCUT2D eigenvalue weighted by atomic mass is 19.1. The van der Waals surface area contributed by atoms with Crippen LogP contribution >= 0.6 is 0 Å². The van der Waals surface area contributed by atoms with Crippen LogP contribution in [0.1, 0.15) is 31.4 Å². The van der Waals surface area contributed by atoms with Crippen LogP contribution in [0.25, 0.3) is 11.3 Å². The number of aromatic nitrogens is 4. The quantitative estimate of drug-likeness (QED) is 0.557. The van der Waals surface area contributed by atoms with Gasteiger partial charge in [0.25, 0.3) is 0 Å². The van der Waals surface area contributed by atoms with Gasteiger partial charge in [0.2, 0.25) is 5.95 Å². The number of benzene rings is 1. The number of aliphatic hydroxyl groups is 1. The molecule has 1 aliphatic carbocycles. The van der Waals surface area contributed by atoms with Gasteiger partial charge in [0, 0.05) is 35.3 Å². The van der Waals surface area contributed by atoms with Gasteiger partial charge in [0.15, 0.2) is 0 Å². The van der Waals surface area contributed by atoms with Crippen LogP contribution < -0.4 is 10.6 Å². The maximum absolute atomic E-state index is 13.3. The summed E-state index contributed by atoms with van der Waals surface area (Å²) in [4.78, 5) is 17.1. The maximum atomic E-state index is 13.3. The normalized spacial score (nSPS) is 19.2. The number of anilines is 2. The molecule has 1 aromatic carbocycles. The molecule has 0 saturated heterocycles. The second kappa shape index (κ2) is 8.24. The summed E-state index contributed by atoms with van der Waals surface area (Å²) < 4.78 is 13.3. The molecule has 1 aliphatic rings. The van der Waals surface area contributed by atoms with Crippen molar-refractivity contribution in [3.8, 4) is 17.3 Å². The van der Waals surface area contributed by atoms with E-state index in [9.17, 15) is 14.8 Å². The number of hydrogen-bond donors (Lipinski definition) is 3. The Hall–Kier alpha value is -3.64. The summed E-state index contributed by atoms with van der Waals surface area (Å²) in [6.45, 7) is 4.28. The molecule has 2 heterocycles. The summed E-state index contributed by atoms with van der Waals surface area (Å²) in [5, 5.41) is 25.8. The number of nitrogens with zero attached hydrogens (tertiary/aromatic N) is 5. The van der Waals surface area contributed by atoms with Crippen molar-refractivity contribution in [3.63, 3.8) is 0 Å². The van der Waals surface area contributed by atoms with E-state index in [4.69, 9.17) is 0 Å². The molecule has 1 saturated carbocycles. The van der Waals surface area contributed by atoms with Crippen molar-refractivity contribution < 1.29 is 9.50 Å². The molecule has 2 aromatic heterocycles. The summed E-state index contributed by atoms with van der Waals surface area (Å²) in [5.41, 5.74) is 2.27. The monoisotopic (exact) mass is 419 g/mol. The molecule has 2 atom stereocenters. The fourth-order valence-corrected chi connectivity index (χ4v) is 3.50. The summed E-state index contributed by atoms with van der Waals surface area (Å²) in [6.07, 6.45) is 4.78. The second-order valence-electron chi connectivity index (χ2n) is 8.09. The third-order valence-electron chi connectivity index (χ3n) is 5.78. The lowest BCUT2D eigenvalue weighted by molar-refractivity contribution is -0.0511. The van der Waals surface area contributed by atoms with E-state index < -0.39 is 6.10 Å². The Labute approximate surface area is 179 Å². The first kappa shape index (κ1) is 20.6. The van der Waals surface area contributed by atoms with Gasteiger partial charge < -0.3 is 15.7 Å². The molecule has 3 N–H and O–H groups in total. The van der Waals surface area contributed by atoms with E-state index in [1.54, 1.807) is 18.3 Å². The molecule has 0 bridgehead atoms. The van der Waals surface area contributed by atoms with Gasteiger partial charge in [-0.25, -0.2) is 19.3 Å². The highest BCUT2D eigenvalue weighted by molar-refractivity contribution is 5.63. The third-order valence-corrected chi connectivity index (χ3v) is 5.78. The van der Waals surface area contributed by atoms with E-state index in [-0.39, 0.29) is 17.3 Å². The number of rotatable bonds is 6. The number of nitrogens with one attached hydrogen (secondary N) is 2. The Bertz CT molecular complexity index is 1130. The van der Waals surface area contributed by atoms with Crippen molar-refractivity contribution >= 4 is 11.8 Å². The minimum atomic E-state index is -0.391. The van der Waals surface area contributed by atoms with Gasteiger partial charge in [-0.05, 0) is 30.7 Å². The number of aliphatic hydroxyl groups excluding tert-OH is 1. The lowest BCUT2D eigenvalue weighted by Crippen LogP contribution is -2.57. The van der Waals surface area contributed by atoms with Crippen molar-refractivity contribution in [2.75, 3.05) is 10.6 Å². The Morgan fingerprint density at radius 3 is 2.68 bits per heavy atom. The molecule has 0 spiro atoms. The molecule has 4 rings (SSSR count). The van der Waals surface area contributed by atoms with E-state index in [2.05, 4.69) is 36.6 Å². The molecule has 0 amide bonds. The van der Waals surface area contributed by atoms with Crippen LogP contribution in [0.5, 0.6) is 0 Å². The zero-order valence-corrected chi connectivity index (χ0v) is 17.2. The Kier molecular flexibility index (Phi) is 5.48. The maximum Gasteiger partial charge on any atom is 0.224 e. The van der Waals surface area contributed by atoms with Gasteiger partial charge in [0.1, 0.15) is 29.6 Å². The van der Waals surface area contributed by atoms with Crippen molar-refractivity contribution in [2.45, 2.75) is 39.0 Å². The van der Waals surface area contributed by atoms with Crippen LogP contribution in [-0.2, 0) is 6.54 Å². The molecule has 9 heteroatoms. The Morgan fingerprint density at radius 2 is 2.00 bits per heavy atom. The predicted octanol–water partition coefficient (Wildman–Crippen LogP) is 3.13. The average Bonchev–Trinajstić information content (AvgIpc) is 2.78. The third kappa shape index (κ3) is 4.15. The lowest BCUT2D eigenvalue weighted by Gasteiger charge is -2.49. The largest absolute Gasteiger partial charge is 0.392 e. The van der Waals surface area contributed by atoms with Crippen LogP contribution in [0, 0.1) is 22.6 Å². The van der Waals surface area contributed by atoms with E-state index >= 15 is 0 Å². The van der Waals surface area contributed by atoms with Gasteiger partial charge in [0.05, 0.1) is 18.0 Å². The molecular formula is C22H22FN7O. The molecule has 0 aliphatic heterocycles. The van der Waals surface area contributed by atoms with Crippen LogP contribution in [-0.4, -0.2) is 37.2 Å². The Balaban J connectivity index is 1.52. The molecule has 1 fully saturated rings. The van der Waals surface area contributed by atoms with E-state index in [0.717, 1.165) is 11.1 Å². The standard InChI is InChI=1S/C22H22FN7O/c1-22(2)17(7-18(22)31)29-20-14(8-24)10-26-21(30-20)27-11-15-9-25-12-28-19(15)13-3-5-16(23)6-4-13/h3-6,9-10,12,17-18,31H,7,11H2,1-2H3,(H2,26,27,29,30)/t17-,18-/m1/s1. The highest BCUT2D eigenvalue weighted by Gasteiger charge is 2.47. The van der Waals surface area contributed by atoms with Crippen molar-refractivity contribution in [1.82, 2.24) is 19.9 Å². The molecule has 158 valence electrons. The summed E-state index contributed by atoms with van der Waals surface area (Å²) >= 11 is 0. The van der Waals surface area contributed by atoms with E-state index in [0.29, 0.717) is 36.0 Å². The van der Waals surface area contributed by atoms with Gasteiger partial charge in [-0.3, -0.25) is 0 Å². The number of hydrogen-bond acceptors (Lipinski definition) is 8. The minimum absolute atomic E-state index is 0.00459. The van der Waals surface area contributed by atoms with Gasteiger partial charge in [-0.1, -0.05) is 13.8 Å². The van der Waals surface area contributed by atoms with Gasteiger partial charge in [-0.2, -0.15) is 10.2 Å². The van der Waals surface area contributed by atoms with Crippen LogP contribution in [0.4, 0.5) is 16.2 Å². The van der Waals surface area contributed by atoms with Crippen molar-refractivity contribution in [2.24, 2.45) is 5.41 Å². The second-order valence-corrected chi connectivity index (χ2v) is 8.09. The molecule has 3 aromatic rings. The number of halogens is 1. The van der Waals surface area contributed by atoms with Crippen molar-refractivity contribution in [3.05, 3.63) is 59.9 Å². The van der Waals surface area contributed by atoms with Crippen LogP contribution in [0.3, 0.4) is 0 Å². The SMILES string of the molecule is CC1(C)[C@H](O)C[C@H]1Nc1nc(NCc2cncnc2-c2ccc(F)cc2)ncc1C#N. The zero-order valence-electron chi connectivity index (χ0n) is 17.2. The summed E-state index contributed by atoms with van der Waals surface area (Å²) in [6, 6.07) is 8.19. The molecule has 31 heavy (non-hydrogen) atoms. The van der Waals surface area contributed by atoms with Crippen molar-refractivity contribution in [1.29, 1.82) is 5.26 Å². The fraction of sp³-hybridized carbons (Fsp3) is 0.318. The van der Waals surface area contributed by atoms with E-state index in [1.165, 1.54) is 24.7 Å². The van der Waals surface area contributed by atoms with E-state index in [1.807, 2.05) is 13.8 Å². The van der Waals surface area contributed by atoms with Crippen LogP contribution in [0.2, 0.25) is 0 Å². The molecule has 0 radical (unpaired) electrons. The molecule has 0 unspecified atom stereocenters. The van der Waals surface area contributed by atoms with Gasteiger partial charge >= 0.3 is 0 Å². The minimum Gasteiger partial charge on any atom is -0.392 e. The fourth-order valence-electron chi connectivity index (χ4n) is 3.50. The van der Waals surface area contributed by atoms with Gasteiger partial charge in [-0.15, -0.1) is 0 Å². The highest BCUT2D eigenvalue weighted by Crippen LogP contribution is 2.42. The first-order valence-electron chi connectivity index (χ1n) is 9.89. The average molecular weight is 419 g/mol. The lowest BCUT2D eigenvalue weighted by atomic mass is 9.64. The zero-order chi connectivity index (χ0) is 22.0. The summed E-state index contributed by atoms with van der Waals surface area (Å²) in [7, 11) is 0. The predicted molar refractivity (Wildman–Crippen MR) is 113 cm³/mol. The molecule has 8 nitrogen and oxygen atoms in total. The first-order chi connectivity index (χ1) is 14.9. The van der Waals surface area contributed by atoms with Crippen LogP contribution in [0.15, 0.2) is 43.0 Å².